The molecule has 1 saturated carbocycles. The number of carbonyl (C=O) groups excluding carboxylic acids is 2. The maximum absolute atomic E-state index is 12.6. The first-order chi connectivity index (χ1) is 13.5. The van der Waals surface area contributed by atoms with Crippen molar-refractivity contribution in [3.8, 4) is 0 Å². The SMILES string of the molecule is O=C(/C=C/c1ccc(Cl)cc1)Nc1ccc(Cl)c(C(=O)NC2CCCCC2)c1. The minimum absolute atomic E-state index is 0.192. The van der Waals surface area contributed by atoms with Gasteiger partial charge in [-0.2, -0.15) is 0 Å². The van der Waals surface area contributed by atoms with Crippen molar-refractivity contribution in [3.05, 3.63) is 69.7 Å². The lowest BCUT2D eigenvalue weighted by Crippen LogP contribution is -2.36. The second-order valence-electron chi connectivity index (χ2n) is 6.88. The summed E-state index contributed by atoms with van der Waals surface area (Å²) < 4.78 is 0. The summed E-state index contributed by atoms with van der Waals surface area (Å²) >= 11 is 12.1. The van der Waals surface area contributed by atoms with Gasteiger partial charge in [-0.3, -0.25) is 9.59 Å². The van der Waals surface area contributed by atoms with Gasteiger partial charge in [-0.25, -0.2) is 0 Å². The zero-order valence-corrected chi connectivity index (χ0v) is 16.9. The van der Waals surface area contributed by atoms with Gasteiger partial charge >= 0.3 is 0 Å². The number of halogens is 2. The minimum Gasteiger partial charge on any atom is -0.349 e. The fourth-order valence-electron chi connectivity index (χ4n) is 3.22. The molecule has 0 unspecified atom stereocenters. The maximum atomic E-state index is 12.6. The van der Waals surface area contributed by atoms with Crippen molar-refractivity contribution >= 4 is 46.8 Å². The van der Waals surface area contributed by atoms with Gasteiger partial charge in [0.2, 0.25) is 5.91 Å². The molecule has 2 aromatic rings. The quantitative estimate of drug-likeness (QED) is 0.613. The van der Waals surface area contributed by atoms with Crippen LogP contribution in [0.4, 0.5) is 5.69 Å². The standard InChI is InChI=1S/C22H22Cl2N2O2/c23-16-9-6-15(7-10-16)8-13-21(27)25-18-11-12-20(24)19(14-18)22(28)26-17-4-2-1-3-5-17/h6-14,17H,1-5H2,(H,25,27)(H,26,28)/b13-8+. The van der Waals surface area contributed by atoms with E-state index in [2.05, 4.69) is 10.6 Å². The second kappa shape index (κ2) is 9.76. The lowest BCUT2D eigenvalue weighted by atomic mass is 9.95. The smallest absolute Gasteiger partial charge is 0.253 e. The van der Waals surface area contributed by atoms with E-state index in [4.69, 9.17) is 23.2 Å². The molecule has 28 heavy (non-hydrogen) atoms. The van der Waals surface area contributed by atoms with Crippen molar-refractivity contribution in [1.29, 1.82) is 0 Å². The largest absolute Gasteiger partial charge is 0.349 e. The molecule has 1 aliphatic carbocycles. The van der Waals surface area contributed by atoms with E-state index >= 15 is 0 Å². The highest BCUT2D eigenvalue weighted by Crippen LogP contribution is 2.23. The Morgan fingerprint density at radius 1 is 0.964 bits per heavy atom. The van der Waals surface area contributed by atoms with E-state index in [9.17, 15) is 9.59 Å². The monoisotopic (exact) mass is 416 g/mol. The third-order valence-electron chi connectivity index (χ3n) is 4.72. The normalized spacial score (nSPS) is 14.8. The van der Waals surface area contributed by atoms with Crippen LogP contribution in [0.5, 0.6) is 0 Å². The highest BCUT2D eigenvalue weighted by molar-refractivity contribution is 6.34. The highest BCUT2D eigenvalue weighted by atomic mass is 35.5. The zero-order valence-electron chi connectivity index (χ0n) is 15.4. The Bertz CT molecular complexity index is 873. The number of nitrogens with one attached hydrogen (secondary N) is 2. The Balaban J connectivity index is 1.64. The molecule has 0 heterocycles. The van der Waals surface area contributed by atoms with Crippen molar-refractivity contribution < 1.29 is 9.59 Å². The number of hydrogen-bond donors (Lipinski definition) is 2. The summed E-state index contributed by atoms with van der Waals surface area (Å²) in [6.07, 6.45) is 8.60. The Hall–Kier alpha value is -2.30. The van der Waals surface area contributed by atoms with Crippen LogP contribution in [0.3, 0.4) is 0 Å². The fourth-order valence-corrected chi connectivity index (χ4v) is 3.55. The van der Waals surface area contributed by atoms with Crippen LogP contribution in [0.1, 0.15) is 48.0 Å². The van der Waals surface area contributed by atoms with E-state index in [1.165, 1.54) is 12.5 Å². The van der Waals surface area contributed by atoms with Crippen molar-refractivity contribution in [1.82, 2.24) is 5.32 Å². The molecule has 4 nitrogen and oxygen atoms in total. The molecule has 3 rings (SSSR count). The average Bonchev–Trinajstić information content (AvgIpc) is 2.70. The highest BCUT2D eigenvalue weighted by Gasteiger charge is 2.18. The first-order valence-corrected chi connectivity index (χ1v) is 10.1. The van der Waals surface area contributed by atoms with Crippen LogP contribution in [-0.4, -0.2) is 17.9 Å². The van der Waals surface area contributed by atoms with E-state index in [1.807, 2.05) is 12.1 Å². The first kappa shape index (κ1) is 20.4. The molecule has 146 valence electrons. The van der Waals surface area contributed by atoms with Crippen molar-refractivity contribution in [2.45, 2.75) is 38.1 Å². The van der Waals surface area contributed by atoms with Gasteiger partial charge in [0.05, 0.1) is 10.6 Å². The molecular formula is C22H22Cl2N2O2. The first-order valence-electron chi connectivity index (χ1n) is 9.36. The van der Waals surface area contributed by atoms with Crippen LogP contribution in [0, 0.1) is 0 Å². The molecule has 0 radical (unpaired) electrons. The summed E-state index contributed by atoms with van der Waals surface area (Å²) in [6.45, 7) is 0. The molecule has 6 heteroatoms. The summed E-state index contributed by atoms with van der Waals surface area (Å²) in [5.74, 6) is -0.499. The molecule has 2 amide bonds. The Morgan fingerprint density at radius 3 is 2.39 bits per heavy atom. The maximum Gasteiger partial charge on any atom is 0.253 e. The molecule has 2 N–H and O–H groups in total. The zero-order chi connectivity index (χ0) is 19.9. The number of carbonyl (C=O) groups is 2. The third-order valence-corrected chi connectivity index (χ3v) is 5.30. The second-order valence-corrected chi connectivity index (χ2v) is 7.72. The minimum atomic E-state index is -0.295. The molecule has 0 bridgehead atoms. The van der Waals surface area contributed by atoms with E-state index < -0.39 is 0 Å². The van der Waals surface area contributed by atoms with Crippen LogP contribution in [0.2, 0.25) is 10.0 Å². The predicted molar refractivity (Wildman–Crippen MR) is 115 cm³/mol. The lowest BCUT2D eigenvalue weighted by Gasteiger charge is -2.23. The van der Waals surface area contributed by atoms with Crippen LogP contribution in [-0.2, 0) is 4.79 Å². The summed E-state index contributed by atoms with van der Waals surface area (Å²) in [4.78, 5) is 24.8. The van der Waals surface area contributed by atoms with Gasteiger partial charge in [0.15, 0.2) is 0 Å². The van der Waals surface area contributed by atoms with E-state index in [0.29, 0.717) is 21.3 Å². The van der Waals surface area contributed by atoms with Gasteiger partial charge in [0.25, 0.3) is 5.91 Å². The predicted octanol–water partition coefficient (Wildman–Crippen LogP) is 5.71. The van der Waals surface area contributed by atoms with Crippen molar-refractivity contribution in [2.75, 3.05) is 5.32 Å². The van der Waals surface area contributed by atoms with Gasteiger partial charge in [0, 0.05) is 22.8 Å². The van der Waals surface area contributed by atoms with Crippen molar-refractivity contribution in [2.24, 2.45) is 0 Å². The number of rotatable bonds is 5. The summed E-state index contributed by atoms with van der Waals surface area (Å²) in [6, 6.07) is 12.3. The summed E-state index contributed by atoms with van der Waals surface area (Å²) in [7, 11) is 0. The molecule has 0 spiro atoms. The van der Waals surface area contributed by atoms with E-state index in [-0.39, 0.29) is 17.9 Å². The number of benzene rings is 2. The van der Waals surface area contributed by atoms with Gasteiger partial charge in [-0.05, 0) is 54.8 Å². The average molecular weight is 417 g/mol. The number of anilines is 1. The Labute approximate surface area is 174 Å². The summed E-state index contributed by atoms with van der Waals surface area (Å²) in [5.41, 5.74) is 1.75. The van der Waals surface area contributed by atoms with Crippen LogP contribution in [0.15, 0.2) is 48.5 Å². The molecule has 1 fully saturated rings. The van der Waals surface area contributed by atoms with Crippen LogP contribution >= 0.6 is 23.2 Å². The third kappa shape index (κ3) is 5.85. The molecular weight excluding hydrogens is 395 g/mol. The van der Waals surface area contributed by atoms with Gasteiger partial charge in [-0.1, -0.05) is 54.6 Å². The Morgan fingerprint density at radius 2 is 1.68 bits per heavy atom. The molecule has 0 atom stereocenters. The molecule has 1 aliphatic rings. The molecule has 0 saturated heterocycles. The van der Waals surface area contributed by atoms with E-state index in [1.54, 1.807) is 36.4 Å². The molecule has 0 aromatic heterocycles. The van der Waals surface area contributed by atoms with E-state index in [0.717, 1.165) is 31.2 Å². The van der Waals surface area contributed by atoms with Gasteiger partial charge in [0.1, 0.15) is 0 Å². The molecule has 2 aromatic carbocycles. The number of amides is 2. The molecule has 0 aliphatic heterocycles. The summed E-state index contributed by atoms with van der Waals surface area (Å²) in [5, 5.41) is 6.81. The van der Waals surface area contributed by atoms with Crippen LogP contribution in [0.25, 0.3) is 6.08 Å². The van der Waals surface area contributed by atoms with Crippen LogP contribution < -0.4 is 10.6 Å². The fraction of sp³-hybridized carbons (Fsp3) is 0.273. The number of hydrogen-bond acceptors (Lipinski definition) is 2. The van der Waals surface area contributed by atoms with Gasteiger partial charge < -0.3 is 10.6 Å². The van der Waals surface area contributed by atoms with Gasteiger partial charge in [-0.15, -0.1) is 0 Å². The lowest BCUT2D eigenvalue weighted by molar-refractivity contribution is -0.111. The topological polar surface area (TPSA) is 58.2 Å². The Kier molecular flexibility index (Phi) is 7.12. The van der Waals surface area contributed by atoms with Crippen molar-refractivity contribution in [3.63, 3.8) is 0 Å².